The Kier molecular flexibility index (Phi) is 4.42. The van der Waals surface area contributed by atoms with Crippen LogP contribution in [-0.2, 0) is 11.3 Å². The number of hydrogen-bond acceptors (Lipinski definition) is 3. The van der Waals surface area contributed by atoms with Crippen molar-refractivity contribution in [2.75, 3.05) is 13.1 Å². The Morgan fingerprint density at radius 1 is 1.40 bits per heavy atom. The number of carboxylic acid groups (broad SMARTS) is 1. The molecule has 0 bridgehead atoms. The van der Waals surface area contributed by atoms with E-state index >= 15 is 0 Å². The smallest absolute Gasteiger partial charge is 0.303 e. The van der Waals surface area contributed by atoms with Crippen LogP contribution < -0.4 is 0 Å². The van der Waals surface area contributed by atoms with E-state index in [9.17, 15) is 9.59 Å². The molecule has 1 aliphatic heterocycles. The highest BCUT2D eigenvalue weighted by atomic mass is 16.4. The molecule has 0 atom stereocenters. The van der Waals surface area contributed by atoms with Gasteiger partial charge in [0.1, 0.15) is 5.69 Å². The van der Waals surface area contributed by atoms with E-state index in [4.69, 9.17) is 5.11 Å². The first-order valence-corrected chi connectivity index (χ1v) is 7.06. The fourth-order valence-corrected chi connectivity index (χ4v) is 2.71. The van der Waals surface area contributed by atoms with Crippen LogP contribution in [0.5, 0.6) is 0 Å². The van der Waals surface area contributed by atoms with Gasteiger partial charge in [-0.15, -0.1) is 0 Å². The summed E-state index contributed by atoms with van der Waals surface area (Å²) in [5.41, 5.74) is 1.47. The molecule has 110 valence electrons. The molecule has 0 aliphatic carbocycles. The van der Waals surface area contributed by atoms with Crippen LogP contribution in [-0.4, -0.2) is 44.8 Å². The minimum Gasteiger partial charge on any atom is -0.481 e. The molecule has 0 spiro atoms. The summed E-state index contributed by atoms with van der Waals surface area (Å²) < 4.78 is 1.72. The van der Waals surface area contributed by atoms with Gasteiger partial charge < -0.3 is 10.0 Å². The second-order valence-corrected chi connectivity index (χ2v) is 5.32. The van der Waals surface area contributed by atoms with Gasteiger partial charge in [-0.25, -0.2) is 0 Å². The number of carbonyl (C=O) groups is 2. The number of hydrogen-bond donors (Lipinski definition) is 1. The largest absolute Gasteiger partial charge is 0.481 e. The van der Waals surface area contributed by atoms with Crippen LogP contribution in [0.3, 0.4) is 0 Å². The van der Waals surface area contributed by atoms with Crippen molar-refractivity contribution >= 4 is 11.9 Å². The molecule has 0 saturated carbocycles. The molecular formula is C14H21N3O3. The van der Waals surface area contributed by atoms with E-state index in [0.29, 0.717) is 25.3 Å². The predicted molar refractivity (Wildman–Crippen MR) is 73.5 cm³/mol. The van der Waals surface area contributed by atoms with Crippen molar-refractivity contribution in [2.24, 2.45) is 5.92 Å². The average Bonchev–Trinajstić information content (AvgIpc) is 2.79. The van der Waals surface area contributed by atoms with Crippen molar-refractivity contribution in [1.82, 2.24) is 14.7 Å². The average molecular weight is 279 g/mol. The van der Waals surface area contributed by atoms with E-state index in [1.165, 1.54) is 0 Å². The molecule has 1 amide bonds. The number of aryl methyl sites for hydroxylation is 2. The van der Waals surface area contributed by atoms with Gasteiger partial charge in [-0.1, -0.05) is 0 Å². The van der Waals surface area contributed by atoms with Crippen LogP contribution >= 0.6 is 0 Å². The number of piperidine rings is 1. The minimum absolute atomic E-state index is 0.00113. The first kappa shape index (κ1) is 14.6. The lowest BCUT2D eigenvalue weighted by Gasteiger charge is -2.31. The molecule has 0 aromatic carbocycles. The first-order valence-electron chi connectivity index (χ1n) is 7.06. The summed E-state index contributed by atoms with van der Waals surface area (Å²) >= 11 is 0. The summed E-state index contributed by atoms with van der Waals surface area (Å²) in [4.78, 5) is 25.0. The maximum absolute atomic E-state index is 12.5. The lowest BCUT2D eigenvalue weighted by atomic mass is 9.93. The Bertz CT molecular complexity index is 502. The van der Waals surface area contributed by atoms with Gasteiger partial charge in [0.15, 0.2) is 0 Å². The third kappa shape index (κ3) is 3.18. The monoisotopic (exact) mass is 279 g/mol. The fourth-order valence-electron chi connectivity index (χ4n) is 2.71. The zero-order valence-corrected chi connectivity index (χ0v) is 12.0. The zero-order valence-electron chi connectivity index (χ0n) is 12.0. The second kappa shape index (κ2) is 6.07. The molecule has 1 fully saturated rings. The highest BCUT2D eigenvalue weighted by Crippen LogP contribution is 2.22. The quantitative estimate of drug-likeness (QED) is 0.907. The Morgan fingerprint density at radius 3 is 2.60 bits per heavy atom. The maximum Gasteiger partial charge on any atom is 0.303 e. The molecule has 1 N–H and O–H groups in total. The summed E-state index contributed by atoms with van der Waals surface area (Å²) in [6, 6.07) is 1.81. The van der Waals surface area contributed by atoms with Crippen LogP contribution in [0.2, 0.25) is 0 Å². The summed E-state index contributed by atoms with van der Waals surface area (Å²) in [6.07, 6.45) is 1.72. The molecule has 6 heteroatoms. The van der Waals surface area contributed by atoms with Gasteiger partial charge in [-0.3, -0.25) is 14.3 Å². The molecule has 1 aromatic heterocycles. The first-order chi connectivity index (χ1) is 9.51. The molecule has 1 aliphatic rings. The predicted octanol–water partition coefficient (Wildman–Crippen LogP) is 1.54. The fraction of sp³-hybridized carbons (Fsp3) is 0.643. The number of carbonyl (C=O) groups excluding carboxylic acids is 1. The van der Waals surface area contributed by atoms with Crippen LogP contribution in [0.15, 0.2) is 6.07 Å². The van der Waals surface area contributed by atoms with E-state index in [-0.39, 0.29) is 18.2 Å². The standard InChI is InChI=1S/C14H21N3O3/c1-3-17-12(8-10(2)15-17)14(20)16-6-4-11(5-7-16)9-13(18)19/h8,11H,3-7,9H2,1-2H3,(H,18,19). The Labute approximate surface area is 118 Å². The van der Waals surface area contributed by atoms with Crippen LogP contribution in [0, 0.1) is 12.8 Å². The molecule has 0 radical (unpaired) electrons. The van der Waals surface area contributed by atoms with Gasteiger partial charge >= 0.3 is 5.97 Å². The topological polar surface area (TPSA) is 75.4 Å². The van der Waals surface area contributed by atoms with E-state index in [2.05, 4.69) is 5.10 Å². The van der Waals surface area contributed by atoms with E-state index in [1.807, 2.05) is 19.9 Å². The van der Waals surface area contributed by atoms with Crippen molar-refractivity contribution in [3.05, 3.63) is 17.5 Å². The molecule has 0 unspecified atom stereocenters. The summed E-state index contributed by atoms with van der Waals surface area (Å²) in [6.45, 7) is 5.77. The van der Waals surface area contributed by atoms with E-state index in [0.717, 1.165) is 18.5 Å². The maximum atomic E-state index is 12.5. The van der Waals surface area contributed by atoms with Crippen LogP contribution in [0.4, 0.5) is 0 Å². The highest BCUT2D eigenvalue weighted by molar-refractivity contribution is 5.92. The lowest BCUT2D eigenvalue weighted by Crippen LogP contribution is -2.39. The number of likely N-dealkylation sites (tertiary alicyclic amines) is 1. The molecule has 1 saturated heterocycles. The van der Waals surface area contributed by atoms with Crippen molar-refractivity contribution in [3.8, 4) is 0 Å². The van der Waals surface area contributed by atoms with Gasteiger partial charge in [0.2, 0.25) is 0 Å². The normalized spacial score (nSPS) is 16.4. The van der Waals surface area contributed by atoms with Gasteiger partial charge in [0.05, 0.1) is 5.69 Å². The number of aromatic nitrogens is 2. The zero-order chi connectivity index (χ0) is 14.7. The minimum atomic E-state index is -0.755. The highest BCUT2D eigenvalue weighted by Gasteiger charge is 2.26. The van der Waals surface area contributed by atoms with E-state index < -0.39 is 5.97 Å². The Balaban J connectivity index is 1.99. The van der Waals surface area contributed by atoms with Gasteiger partial charge in [-0.2, -0.15) is 5.10 Å². The molecule has 1 aromatic rings. The molecule has 20 heavy (non-hydrogen) atoms. The number of aliphatic carboxylic acids is 1. The van der Waals surface area contributed by atoms with Gasteiger partial charge in [0, 0.05) is 26.1 Å². The molecule has 6 nitrogen and oxygen atoms in total. The number of carboxylic acids is 1. The van der Waals surface area contributed by atoms with Crippen molar-refractivity contribution in [3.63, 3.8) is 0 Å². The number of rotatable bonds is 4. The number of amides is 1. The summed E-state index contributed by atoms with van der Waals surface area (Å²) in [5, 5.41) is 13.1. The van der Waals surface area contributed by atoms with Gasteiger partial charge in [-0.05, 0) is 38.7 Å². The Morgan fingerprint density at radius 2 is 2.05 bits per heavy atom. The molecule has 2 heterocycles. The third-order valence-corrected chi connectivity index (χ3v) is 3.79. The molecular weight excluding hydrogens is 258 g/mol. The second-order valence-electron chi connectivity index (χ2n) is 5.32. The Hall–Kier alpha value is -1.85. The van der Waals surface area contributed by atoms with Crippen molar-refractivity contribution in [2.45, 2.75) is 39.7 Å². The lowest BCUT2D eigenvalue weighted by molar-refractivity contribution is -0.138. The van der Waals surface area contributed by atoms with Crippen LogP contribution in [0.25, 0.3) is 0 Å². The SMILES string of the molecule is CCn1nc(C)cc1C(=O)N1CCC(CC(=O)O)CC1. The van der Waals surface area contributed by atoms with Crippen LogP contribution in [0.1, 0.15) is 42.4 Å². The van der Waals surface area contributed by atoms with E-state index in [1.54, 1.807) is 9.58 Å². The number of nitrogens with zero attached hydrogens (tertiary/aromatic N) is 3. The third-order valence-electron chi connectivity index (χ3n) is 3.79. The van der Waals surface area contributed by atoms with Gasteiger partial charge in [0.25, 0.3) is 5.91 Å². The van der Waals surface area contributed by atoms with Crippen molar-refractivity contribution in [1.29, 1.82) is 0 Å². The molecule has 2 rings (SSSR count). The summed E-state index contributed by atoms with van der Waals surface area (Å²) in [7, 11) is 0. The summed E-state index contributed by atoms with van der Waals surface area (Å²) in [5.74, 6) is -0.565. The van der Waals surface area contributed by atoms with Crippen molar-refractivity contribution < 1.29 is 14.7 Å².